The molecule has 4 saturated heterocycles. The van der Waals surface area contributed by atoms with Gasteiger partial charge >= 0.3 is 12.1 Å². The van der Waals surface area contributed by atoms with E-state index < -0.39 is 39.7 Å². The number of carbonyl (C=O) groups is 5. The number of amides is 2. The molecule has 5 aliphatic rings. The van der Waals surface area contributed by atoms with Gasteiger partial charge in [-0.1, -0.05) is 47.8 Å². The number of aliphatic carboxylic acids is 1. The summed E-state index contributed by atoms with van der Waals surface area (Å²) in [6, 6.07) is 11.5. The number of ether oxygens (including phenoxy) is 1. The molecular weight excluding hydrogens is 971 g/mol. The minimum atomic E-state index is -5.08. The van der Waals surface area contributed by atoms with Crippen molar-refractivity contribution in [2.75, 3.05) is 72.0 Å². The maximum atomic E-state index is 13.6. The van der Waals surface area contributed by atoms with Crippen LogP contribution in [0.3, 0.4) is 0 Å². The van der Waals surface area contributed by atoms with Gasteiger partial charge in [0.2, 0.25) is 33.4 Å². The average molecular weight is 1020 g/mol. The molecule has 0 spiro atoms. The van der Waals surface area contributed by atoms with Crippen molar-refractivity contribution in [3.8, 4) is 5.75 Å². The first-order valence-corrected chi connectivity index (χ1v) is 24.3. The highest BCUT2D eigenvalue weighted by Crippen LogP contribution is 2.36. The molecule has 374 valence electrons. The number of nitrogens with zero attached hydrogens (tertiary/aromatic N) is 6. The van der Waals surface area contributed by atoms with Crippen molar-refractivity contribution in [1.29, 1.82) is 0 Å². The molecule has 4 aliphatic heterocycles. The topological polar surface area (TPSA) is 241 Å². The summed E-state index contributed by atoms with van der Waals surface area (Å²) in [6.07, 6.45) is -1.45. The summed E-state index contributed by atoms with van der Waals surface area (Å²) >= 11 is 13.1. The van der Waals surface area contributed by atoms with E-state index in [1.54, 1.807) is 11.0 Å². The van der Waals surface area contributed by atoms with E-state index in [4.69, 9.17) is 49.3 Å². The Balaban J connectivity index is 0.000000262. The number of fused-ring (bicyclic) bond motifs is 1. The minimum absolute atomic E-state index is 0.00546. The number of para-hydroxylation sites is 1. The monoisotopic (exact) mass is 1020 g/mol. The number of carbonyl (C=O) groups excluding carboxylic acids is 4. The number of Topliss-reactive ketones (excluding diaryl/α,β-unsaturated/α-hetero) is 1. The number of sulfonamides is 1. The lowest BCUT2D eigenvalue weighted by molar-refractivity contribution is -0.192. The van der Waals surface area contributed by atoms with Crippen LogP contribution in [-0.2, 0) is 40.6 Å². The molecule has 4 fully saturated rings. The van der Waals surface area contributed by atoms with Crippen LogP contribution in [-0.4, -0.2) is 162 Å². The number of halogens is 5. The molecule has 5 heterocycles. The number of piperazine rings is 1. The van der Waals surface area contributed by atoms with E-state index in [0.717, 1.165) is 63.2 Å². The Morgan fingerprint density at radius 2 is 1.46 bits per heavy atom. The Bertz CT molecular complexity index is 2670. The van der Waals surface area contributed by atoms with Crippen molar-refractivity contribution in [3.05, 3.63) is 86.9 Å². The lowest BCUT2D eigenvalue weighted by Crippen LogP contribution is -2.61. The number of benzene rings is 2. The van der Waals surface area contributed by atoms with Crippen LogP contribution in [0.1, 0.15) is 44.4 Å². The molecule has 2 aromatic carbocycles. The summed E-state index contributed by atoms with van der Waals surface area (Å²) < 4.78 is 67.5. The third-order valence-corrected chi connectivity index (χ3v) is 14.1. The second-order valence-corrected chi connectivity index (χ2v) is 19.8. The number of alkyl halides is 3. The van der Waals surface area contributed by atoms with Gasteiger partial charge in [-0.15, -0.1) is 0 Å². The zero-order chi connectivity index (χ0) is 50.6. The molecule has 0 radical (unpaired) electrons. The summed E-state index contributed by atoms with van der Waals surface area (Å²) in [5, 5.41) is 8.13. The van der Waals surface area contributed by atoms with Crippen LogP contribution in [0.2, 0.25) is 10.0 Å². The van der Waals surface area contributed by atoms with Gasteiger partial charge in [0.15, 0.2) is 0 Å². The van der Waals surface area contributed by atoms with Crippen molar-refractivity contribution in [1.82, 2.24) is 34.2 Å². The van der Waals surface area contributed by atoms with Gasteiger partial charge < -0.3 is 45.8 Å². The summed E-state index contributed by atoms with van der Waals surface area (Å²) in [5.41, 5.74) is 13.7. The number of aryl methyl sites for hydroxylation is 1. The molecule has 24 heteroatoms. The fourth-order valence-corrected chi connectivity index (χ4v) is 9.76. The fraction of sp³-hybridized carbons (Fsp3) is 0.467. The standard InChI is InChI=1S/C31H40Cl2N6O5S.C12H13N3O2.C2HF3O2/c1-20-10-11-21-7-6-9-25(28(21)36-20)44-19-22-23(32)12-13-26(27(22)33)45(42,43)37-31(2,3)30(41)39-17-15-38(16-18-39)29(40)24(35)8-4-5-14-34;16-9-7-8(13-1-2-13)12(17)11(15-5-6-15)10(9)14-3-4-14;3-2(4,5)1(6)7/h6-7,9-13,24,37H,4-5,8,14-19,34-35H2,1-3H3;7H,1-6H2;(H,6,7). The number of ketones is 2. The Labute approximate surface area is 407 Å². The van der Waals surface area contributed by atoms with Crippen LogP contribution >= 0.6 is 23.2 Å². The van der Waals surface area contributed by atoms with Crippen molar-refractivity contribution in [2.24, 2.45) is 11.5 Å². The number of aromatic nitrogens is 1. The zero-order valence-electron chi connectivity index (χ0n) is 38.2. The highest BCUT2D eigenvalue weighted by molar-refractivity contribution is 7.89. The van der Waals surface area contributed by atoms with E-state index in [2.05, 4.69) is 9.71 Å². The zero-order valence-corrected chi connectivity index (χ0v) is 40.5. The summed E-state index contributed by atoms with van der Waals surface area (Å²) in [5.74, 6) is -2.81. The first kappa shape index (κ1) is 52.8. The number of carboxylic acid groups (broad SMARTS) is 1. The molecule has 1 unspecified atom stereocenters. The third kappa shape index (κ3) is 13.2. The highest BCUT2D eigenvalue weighted by atomic mass is 35.5. The van der Waals surface area contributed by atoms with Crippen LogP contribution in [0.4, 0.5) is 13.2 Å². The Hall–Kier alpha value is -5.52. The van der Waals surface area contributed by atoms with Crippen LogP contribution < -0.4 is 20.9 Å². The molecule has 1 aliphatic carbocycles. The van der Waals surface area contributed by atoms with Gasteiger partial charge in [0.25, 0.3) is 0 Å². The Morgan fingerprint density at radius 1 is 0.870 bits per heavy atom. The largest absolute Gasteiger partial charge is 0.490 e. The number of nitrogens with one attached hydrogen (secondary N) is 1. The summed E-state index contributed by atoms with van der Waals surface area (Å²) in [7, 11) is -4.29. The molecule has 8 rings (SSSR count). The maximum absolute atomic E-state index is 13.6. The smallest absolute Gasteiger partial charge is 0.487 e. The van der Waals surface area contributed by atoms with Gasteiger partial charge in [-0.3, -0.25) is 19.2 Å². The van der Waals surface area contributed by atoms with Crippen molar-refractivity contribution < 1.29 is 55.4 Å². The molecule has 18 nitrogen and oxygen atoms in total. The van der Waals surface area contributed by atoms with E-state index in [-0.39, 0.29) is 57.7 Å². The van der Waals surface area contributed by atoms with Crippen molar-refractivity contribution in [3.63, 3.8) is 0 Å². The molecule has 0 bridgehead atoms. The molecule has 1 atom stereocenters. The number of pyridine rings is 1. The lowest BCUT2D eigenvalue weighted by atomic mass is 10.0. The van der Waals surface area contributed by atoms with Crippen LogP contribution in [0.5, 0.6) is 5.75 Å². The van der Waals surface area contributed by atoms with E-state index in [0.29, 0.717) is 54.4 Å². The normalized spacial score (nSPS) is 17.4. The molecule has 1 aromatic heterocycles. The predicted octanol–water partition coefficient (Wildman–Crippen LogP) is 3.43. The third-order valence-electron chi connectivity index (χ3n) is 11.5. The number of nitrogens with two attached hydrogens (primary N) is 2. The Kier molecular flexibility index (Phi) is 16.6. The van der Waals surface area contributed by atoms with Crippen molar-refractivity contribution in [2.45, 2.75) is 69.3 Å². The van der Waals surface area contributed by atoms with Gasteiger partial charge in [-0.2, -0.15) is 17.9 Å². The first-order chi connectivity index (χ1) is 32.4. The minimum Gasteiger partial charge on any atom is -0.487 e. The van der Waals surface area contributed by atoms with E-state index in [9.17, 15) is 40.8 Å². The molecule has 0 saturated carbocycles. The SMILES string of the molecule is Cc1ccc2cccc(OCc3c(Cl)ccc(S(=O)(=O)NC(C)(C)C(=O)N4CCN(C(=O)C(N)CCCCN)CC4)c3Cl)c2n1.O=C(O)C(F)(F)F.O=C1C=C(N2CC2)C(=O)C(N2CC2)=C1N1CC1. The number of allylic oxidation sites excluding steroid dienone is 1. The van der Waals surface area contributed by atoms with Gasteiger partial charge in [0.1, 0.15) is 39.7 Å². The number of hydrogen-bond donors (Lipinski definition) is 4. The summed E-state index contributed by atoms with van der Waals surface area (Å²) in [6.45, 7) is 11.8. The highest BCUT2D eigenvalue weighted by Gasteiger charge is 2.44. The lowest BCUT2D eigenvalue weighted by Gasteiger charge is -2.39. The van der Waals surface area contributed by atoms with Crippen LogP contribution in [0.25, 0.3) is 10.9 Å². The van der Waals surface area contributed by atoms with Crippen LogP contribution in [0, 0.1) is 6.92 Å². The fourth-order valence-electron chi connectivity index (χ4n) is 7.50. The van der Waals surface area contributed by atoms with Crippen LogP contribution in [0.15, 0.2) is 70.5 Å². The number of carboxylic acids is 1. The first-order valence-electron chi connectivity index (χ1n) is 22.1. The van der Waals surface area contributed by atoms with E-state index >= 15 is 0 Å². The van der Waals surface area contributed by atoms with Gasteiger partial charge in [-0.05, 0) is 64.4 Å². The summed E-state index contributed by atoms with van der Waals surface area (Å²) in [4.78, 5) is 73.1. The second-order valence-electron chi connectivity index (χ2n) is 17.3. The Morgan fingerprint density at radius 3 is 2.04 bits per heavy atom. The molecule has 2 amide bonds. The van der Waals surface area contributed by atoms with Gasteiger partial charge in [0, 0.05) is 93.2 Å². The molecule has 6 N–H and O–H groups in total. The second kappa shape index (κ2) is 21.6. The van der Waals surface area contributed by atoms with E-state index in [1.165, 1.54) is 37.0 Å². The quantitative estimate of drug-likeness (QED) is 0.0969. The number of unbranched alkanes of at least 4 members (excludes halogenated alkanes) is 1. The number of rotatable bonds is 15. The maximum Gasteiger partial charge on any atom is 0.490 e. The predicted molar refractivity (Wildman–Crippen MR) is 249 cm³/mol. The van der Waals surface area contributed by atoms with Crippen molar-refractivity contribution >= 4 is 73.5 Å². The molecule has 69 heavy (non-hydrogen) atoms. The van der Waals surface area contributed by atoms with Gasteiger partial charge in [0.05, 0.1) is 16.8 Å². The average Bonchev–Trinajstić information content (AvgIpc) is 4.12. The molecule has 3 aromatic rings. The van der Waals surface area contributed by atoms with Gasteiger partial charge in [-0.25, -0.2) is 18.2 Å². The number of hydrogen-bond acceptors (Lipinski definition) is 14. The van der Waals surface area contributed by atoms with E-state index in [1.807, 2.05) is 45.9 Å². The molecular formula is C45H54Cl2F3N9O9S.